The number of pyridine rings is 1. The molecular formula is C22H19NO3. The number of rotatable bonds is 5. The molecule has 0 saturated carbocycles. The molecular weight excluding hydrogens is 326 g/mol. The summed E-state index contributed by atoms with van der Waals surface area (Å²) in [6, 6.07) is 17.7. The third-order valence-electron chi connectivity index (χ3n) is 4.27. The van der Waals surface area contributed by atoms with E-state index in [-0.39, 0.29) is 5.78 Å². The zero-order valence-corrected chi connectivity index (χ0v) is 14.7. The van der Waals surface area contributed by atoms with Crippen molar-refractivity contribution < 1.29 is 14.3 Å². The molecule has 0 spiro atoms. The highest BCUT2D eigenvalue weighted by Crippen LogP contribution is 2.25. The maximum atomic E-state index is 13.1. The van der Waals surface area contributed by atoms with Crippen LogP contribution in [0, 0.1) is 13.8 Å². The van der Waals surface area contributed by atoms with E-state index in [0.29, 0.717) is 16.7 Å². The van der Waals surface area contributed by atoms with E-state index in [9.17, 15) is 9.59 Å². The van der Waals surface area contributed by atoms with Crippen LogP contribution in [-0.4, -0.2) is 16.7 Å². The summed E-state index contributed by atoms with van der Waals surface area (Å²) in [5.41, 5.74) is 3.63. The molecule has 2 aromatic carbocycles. The van der Waals surface area contributed by atoms with Gasteiger partial charge in [0, 0.05) is 23.5 Å². The minimum Gasteiger partial charge on any atom is -0.445 e. The Labute approximate surface area is 152 Å². The monoisotopic (exact) mass is 345 g/mol. The van der Waals surface area contributed by atoms with Crippen molar-refractivity contribution in [3.05, 3.63) is 101 Å². The quantitative estimate of drug-likeness (QED) is 0.505. The highest BCUT2D eigenvalue weighted by atomic mass is 16.5. The van der Waals surface area contributed by atoms with E-state index < -0.39 is 12.1 Å². The van der Waals surface area contributed by atoms with E-state index >= 15 is 0 Å². The van der Waals surface area contributed by atoms with Crippen molar-refractivity contribution in [2.24, 2.45) is 0 Å². The summed E-state index contributed by atoms with van der Waals surface area (Å²) in [6.45, 7) is 3.94. The van der Waals surface area contributed by atoms with Crippen LogP contribution in [0.15, 0.2) is 73.1 Å². The Morgan fingerprint density at radius 1 is 0.846 bits per heavy atom. The van der Waals surface area contributed by atoms with Gasteiger partial charge < -0.3 is 4.74 Å². The first-order valence-electron chi connectivity index (χ1n) is 8.33. The molecule has 0 saturated heterocycles. The number of carbonyl (C=O) groups is 2. The molecule has 1 atom stereocenters. The number of nitrogens with zero attached hydrogens (tertiary/aromatic N) is 1. The third-order valence-corrected chi connectivity index (χ3v) is 4.27. The molecule has 0 amide bonds. The van der Waals surface area contributed by atoms with Crippen molar-refractivity contribution in [3.8, 4) is 0 Å². The topological polar surface area (TPSA) is 56.3 Å². The van der Waals surface area contributed by atoms with Crippen LogP contribution in [0.3, 0.4) is 0 Å². The van der Waals surface area contributed by atoms with Crippen molar-refractivity contribution >= 4 is 11.8 Å². The molecule has 4 nitrogen and oxygen atoms in total. The number of benzene rings is 2. The number of ether oxygens (including phenoxy) is 1. The van der Waals surface area contributed by atoms with E-state index in [4.69, 9.17) is 4.74 Å². The molecule has 130 valence electrons. The van der Waals surface area contributed by atoms with Crippen LogP contribution in [0.25, 0.3) is 0 Å². The molecule has 0 aliphatic rings. The van der Waals surface area contributed by atoms with Crippen LogP contribution in [0.5, 0.6) is 0 Å². The van der Waals surface area contributed by atoms with Gasteiger partial charge in [0.1, 0.15) is 0 Å². The Morgan fingerprint density at radius 2 is 1.54 bits per heavy atom. The Balaban J connectivity index is 1.94. The van der Waals surface area contributed by atoms with Crippen LogP contribution in [-0.2, 0) is 4.74 Å². The van der Waals surface area contributed by atoms with Crippen molar-refractivity contribution in [3.63, 3.8) is 0 Å². The SMILES string of the molecule is Cc1ccc(C(=O)[C@H](OC(=O)c2ccncc2)c2ccccc2)cc1C. The smallest absolute Gasteiger partial charge is 0.339 e. The van der Waals surface area contributed by atoms with E-state index in [1.54, 1.807) is 30.3 Å². The van der Waals surface area contributed by atoms with Gasteiger partial charge in [-0.2, -0.15) is 0 Å². The molecule has 0 radical (unpaired) electrons. The van der Waals surface area contributed by atoms with E-state index in [2.05, 4.69) is 4.98 Å². The number of hydrogen-bond acceptors (Lipinski definition) is 4. The summed E-state index contributed by atoms with van der Waals surface area (Å²) in [6.07, 6.45) is 2.03. The van der Waals surface area contributed by atoms with Crippen LogP contribution < -0.4 is 0 Å². The molecule has 3 rings (SSSR count). The van der Waals surface area contributed by atoms with Crippen molar-refractivity contribution in [2.75, 3.05) is 0 Å². The highest BCUT2D eigenvalue weighted by Gasteiger charge is 2.27. The fourth-order valence-electron chi connectivity index (χ4n) is 2.61. The van der Waals surface area contributed by atoms with Crippen molar-refractivity contribution in [1.82, 2.24) is 4.98 Å². The summed E-state index contributed by atoms with van der Waals surface area (Å²) in [5, 5.41) is 0. The molecule has 0 fully saturated rings. The standard InChI is InChI=1S/C22H19NO3/c1-15-8-9-19(14-16(15)2)20(24)21(17-6-4-3-5-7-17)26-22(25)18-10-12-23-13-11-18/h3-14,21H,1-2H3/t21-/m1/s1. The molecule has 0 aliphatic carbocycles. The molecule has 1 heterocycles. The van der Waals surface area contributed by atoms with Crippen molar-refractivity contribution in [2.45, 2.75) is 20.0 Å². The summed E-state index contributed by atoms with van der Waals surface area (Å²) in [5.74, 6) is -0.805. The van der Waals surface area contributed by atoms with Crippen LogP contribution in [0.2, 0.25) is 0 Å². The van der Waals surface area contributed by atoms with Gasteiger partial charge in [0.05, 0.1) is 5.56 Å². The fourth-order valence-corrected chi connectivity index (χ4v) is 2.61. The summed E-state index contributed by atoms with van der Waals surface area (Å²) in [7, 11) is 0. The molecule has 0 aliphatic heterocycles. The Kier molecular flexibility index (Phi) is 5.23. The van der Waals surface area contributed by atoms with E-state index in [1.807, 2.05) is 44.2 Å². The van der Waals surface area contributed by atoms with Gasteiger partial charge in [-0.15, -0.1) is 0 Å². The number of ketones is 1. The van der Waals surface area contributed by atoms with Gasteiger partial charge in [-0.1, -0.05) is 42.5 Å². The Morgan fingerprint density at radius 3 is 2.19 bits per heavy atom. The lowest BCUT2D eigenvalue weighted by atomic mass is 9.97. The fraction of sp³-hybridized carbons (Fsp3) is 0.136. The average molecular weight is 345 g/mol. The van der Waals surface area contributed by atoms with Gasteiger partial charge in [0.15, 0.2) is 6.10 Å². The Hall–Kier alpha value is -3.27. The van der Waals surface area contributed by atoms with Crippen LogP contribution in [0.4, 0.5) is 0 Å². The van der Waals surface area contributed by atoms with Gasteiger partial charge in [0.2, 0.25) is 5.78 Å². The zero-order valence-electron chi connectivity index (χ0n) is 14.7. The average Bonchev–Trinajstić information content (AvgIpc) is 2.69. The first-order valence-corrected chi connectivity index (χ1v) is 8.33. The number of esters is 1. The molecule has 0 N–H and O–H groups in total. The maximum Gasteiger partial charge on any atom is 0.339 e. The lowest BCUT2D eigenvalue weighted by Crippen LogP contribution is -2.20. The molecule has 26 heavy (non-hydrogen) atoms. The summed E-state index contributed by atoms with van der Waals surface area (Å²) in [4.78, 5) is 29.5. The van der Waals surface area contributed by atoms with Gasteiger partial charge in [-0.05, 0) is 43.2 Å². The second-order valence-electron chi connectivity index (χ2n) is 6.10. The van der Waals surface area contributed by atoms with Gasteiger partial charge in [-0.25, -0.2) is 4.79 Å². The lowest BCUT2D eigenvalue weighted by Gasteiger charge is -2.18. The zero-order chi connectivity index (χ0) is 18.5. The Bertz CT molecular complexity index is 921. The number of aromatic nitrogens is 1. The van der Waals surface area contributed by atoms with Crippen LogP contribution >= 0.6 is 0 Å². The van der Waals surface area contributed by atoms with Crippen LogP contribution in [0.1, 0.15) is 43.5 Å². The second-order valence-corrected chi connectivity index (χ2v) is 6.10. The van der Waals surface area contributed by atoms with Gasteiger partial charge in [-0.3, -0.25) is 9.78 Å². The first-order chi connectivity index (χ1) is 12.6. The largest absolute Gasteiger partial charge is 0.445 e. The molecule has 0 bridgehead atoms. The number of hydrogen-bond donors (Lipinski definition) is 0. The second kappa shape index (κ2) is 7.74. The van der Waals surface area contributed by atoms with Gasteiger partial charge in [0.25, 0.3) is 0 Å². The summed E-state index contributed by atoms with van der Waals surface area (Å²) >= 11 is 0. The van der Waals surface area contributed by atoms with Gasteiger partial charge >= 0.3 is 5.97 Å². The number of Topliss-reactive ketones (excluding diaryl/α,β-unsaturated/α-hetero) is 1. The first kappa shape index (κ1) is 17.5. The maximum absolute atomic E-state index is 13.1. The number of carbonyl (C=O) groups excluding carboxylic acids is 2. The molecule has 1 aromatic heterocycles. The molecule has 4 heteroatoms. The normalized spacial score (nSPS) is 11.6. The molecule has 3 aromatic rings. The number of aryl methyl sites for hydroxylation is 2. The predicted molar refractivity (Wildman–Crippen MR) is 99.1 cm³/mol. The summed E-state index contributed by atoms with van der Waals surface area (Å²) < 4.78 is 5.59. The predicted octanol–water partition coefficient (Wildman–Crippen LogP) is 4.48. The highest BCUT2D eigenvalue weighted by molar-refractivity contribution is 6.02. The minimum atomic E-state index is -1.00. The molecule has 0 unspecified atom stereocenters. The van der Waals surface area contributed by atoms with E-state index in [1.165, 1.54) is 12.4 Å². The van der Waals surface area contributed by atoms with E-state index in [0.717, 1.165) is 11.1 Å². The van der Waals surface area contributed by atoms with Crippen molar-refractivity contribution in [1.29, 1.82) is 0 Å². The third kappa shape index (κ3) is 3.86. The lowest BCUT2D eigenvalue weighted by molar-refractivity contribution is 0.0280. The minimum absolute atomic E-state index is 0.248.